The second-order valence-electron chi connectivity index (χ2n) is 5.17. The van der Waals surface area contributed by atoms with Crippen LogP contribution >= 0.6 is 0 Å². The van der Waals surface area contributed by atoms with Crippen LogP contribution in [-0.2, 0) is 9.59 Å². The average molecular weight is 308 g/mol. The molecule has 1 aromatic carbocycles. The highest BCUT2D eigenvalue weighted by atomic mass is 19.1. The molecule has 2 rings (SSSR count). The average Bonchev–Trinajstić information content (AvgIpc) is 2.91. The van der Waals surface area contributed by atoms with E-state index in [2.05, 4.69) is 5.32 Å². The number of carbonyl (C=O) groups is 3. The van der Waals surface area contributed by atoms with Gasteiger partial charge in [0.25, 0.3) is 5.91 Å². The van der Waals surface area contributed by atoms with Gasteiger partial charge in [0, 0.05) is 18.2 Å². The fraction of sp³-hybridized carbons (Fsp3) is 0.400. The van der Waals surface area contributed by atoms with Crippen LogP contribution in [0.25, 0.3) is 0 Å². The molecular weight excluding hydrogens is 291 g/mol. The van der Waals surface area contributed by atoms with Crippen molar-refractivity contribution in [3.63, 3.8) is 0 Å². The van der Waals surface area contributed by atoms with Crippen molar-refractivity contribution in [2.75, 3.05) is 13.1 Å². The van der Waals surface area contributed by atoms with Gasteiger partial charge in [-0.15, -0.1) is 0 Å². The number of rotatable bonds is 5. The molecule has 1 fully saturated rings. The van der Waals surface area contributed by atoms with Crippen LogP contribution in [0.15, 0.2) is 24.3 Å². The highest BCUT2D eigenvalue weighted by Gasteiger charge is 2.30. The lowest BCUT2D eigenvalue weighted by Crippen LogP contribution is -2.43. The van der Waals surface area contributed by atoms with Crippen molar-refractivity contribution >= 4 is 17.8 Å². The van der Waals surface area contributed by atoms with Crippen molar-refractivity contribution in [1.82, 2.24) is 10.2 Å². The molecule has 0 bridgehead atoms. The van der Waals surface area contributed by atoms with Crippen LogP contribution in [0.4, 0.5) is 4.39 Å². The summed E-state index contributed by atoms with van der Waals surface area (Å²) in [5, 5.41) is 11.3. The summed E-state index contributed by atoms with van der Waals surface area (Å²) >= 11 is 0. The molecule has 0 spiro atoms. The van der Waals surface area contributed by atoms with Gasteiger partial charge in [0.1, 0.15) is 5.82 Å². The van der Waals surface area contributed by atoms with Crippen molar-refractivity contribution in [2.24, 2.45) is 0 Å². The number of carbonyl (C=O) groups excluding carboxylic acids is 2. The third-order valence-electron chi connectivity index (χ3n) is 3.59. The topological polar surface area (TPSA) is 86.7 Å². The van der Waals surface area contributed by atoms with Gasteiger partial charge in [-0.2, -0.15) is 0 Å². The van der Waals surface area contributed by atoms with Crippen molar-refractivity contribution in [3.8, 4) is 0 Å². The summed E-state index contributed by atoms with van der Waals surface area (Å²) in [5.74, 6) is -2.34. The normalized spacial score (nSPS) is 17.3. The van der Waals surface area contributed by atoms with Crippen LogP contribution in [-0.4, -0.2) is 46.9 Å². The van der Waals surface area contributed by atoms with Crippen molar-refractivity contribution < 1.29 is 23.9 Å². The molecule has 2 N–H and O–H groups in total. The molecular formula is C15H17FN2O4. The Labute approximate surface area is 126 Å². The number of aliphatic carboxylic acids is 1. The number of amides is 2. The number of hydrogen-bond acceptors (Lipinski definition) is 3. The first kappa shape index (κ1) is 15.9. The van der Waals surface area contributed by atoms with E-state index in [9.17, 15) is 18.8 Å². The molecule has 7 heteroatoms. The molecule has 2 amide bonds. The zero-order valence-electron chi connectivity index (χ0n) is 11.9. The van der Waals surface area contributed by atoms with Crippen LogP contribution in [0.2, 0.25) is 0 Å². The number of hydrogen-bond donors (Lipinski definition) is 2. The van der Waals surface area contributed by atoms with Crippen LogP contribution in [0.1, 0.15) is 29.6 Å². The molecule has 1 aliphatic rings. The van der Waals surface area contributed by atoms with Gasteiger partial charge >= 0.3 is 5.97 Å². The minimum atomic E-state index is -0.950. The van der Waals surface area contributed by atoms with Crippen molar-refractivity contribution in [1.29, 1.82) is 0 Å². The molecule has 118 valence electrons. The Kier molecular flexibility index (Phi) is 5.08. The quantitative estimate of drug-likeness (QED) is 0.850. The van der Waals surface area contributed by atoms with Gasteiger partial charge in [-0.1, -0.05) is 6.07 Å². The Morgan fingerprint density at radius 2 is 2.14 bits per heavy atom. The van der Waals surface area contributed by atoms with E-state index < -0.39 is 17.7 Å². The zero-order chi connectivity index (χ0) is 16.1. The van der Waals surface area contributed by atoms with Gasteiger partial charge in [0.05, 0.1) is 13.0 Å². The third-order valence-corrected chi connectivity index (χ3v) is 3.59. The molecule has 1 saturated heterocycles. The highest BCUT2D eigenvalue weighted by Crippen LogP contribution is 2.20. The largest absolute Gasteiger partial charge is 0.481 e. The summed E-state index contributed by atoms with van der Waals surface area (Å²) in [7, 11) is 0. The lowest BCUT2D eigenvalue weighted by atomic mass is 10.1. The summed E-state index contributed by atoms with van der Waals surface area (Å²) in [6.07, 6.45) is 1.31. The predicted molar refractivity (Wildman–Crippen MR) is 75.7 cm³/mol. The van der Waals surface area contributed by atoms with E-state index >= 15 is 0 Å². The van der Waals surface area contributed by atoms with E-state index in [-0.39, 0.29) is 30.5 Å². The van der Waals surface area contributed by atoms with Gasteiger partial charge in [0.2, 0.25) is 5.91 Å². The molecule has 1 aromatic rings. The molecule has 0 aromatic heterocycles. The van der Waals surface area contributed by atoms with Gasteiger partial charge in [-0.25, -0.2) is 4.39 Å². The van der Waals surface area contributed by atoms with E-state index in [1.807, 2.05) is 0 Å². The second-order valence-corrected chi connectivity index (χ2v) is 5.17. The number of halogens is 1. The van der Waals surface area contributed by atoms with E-state index in [1.165, 1.54) is 23.1 Å². The van der Waals surface area contributed by atoms with Gasteiger partial charge in [0.15, 0.2) is 0 Å². The van der Waals surface area contributed by atoms with Gasteiger partial charge in [-0.3, -0.25) is 14.4 Å². The van der Waals surface area contributed by atoms with Crippen LogP contribution in [0, 0.1) is 5.82 Å². The maximum atomic E-state index is 13.0. The number of nitrogens with zero attached hydrogens (tertiary/aromatic N) is 1. The molecule has 1 aliphatic heterocycles. The van der Waals surface area contributed by atoms with Crippen molar-refractivity contribution in [3.05, 3.63) is 35.6 Å². The van der Waals surface area contributed by atoms with E-state index in [0.29, 0.717) is 13.0 Å². The minimum Gasteiger partial charge on any atom is -0.481 e. The van der Waals surface area contributed by atoms with Crippen LogP contribution in [0.3, 0.4) is 0 Å². The standard InChI is InChI=1S/C15H17FN2O4/c16-11-4-1-3-10(7-11)15(22)17-9-13(19)18-6-2-5-12(18)8-14(20)21/h1,3-4,7,12H,2,5-6,8-9H2,(H,17,22)(H,20,21). The summed E-state index contributed by atoms with van der Waals surface area (Å²) in [6.45, 7) is 0.262. The Bertz CT molecular complexity index is 591. The molecule has 0 saturated carbocycles. The fourth-order valence-corrected chi connectivity index (χ4v) is 2.57. The number of carboxylic acid groups (broad SMARTS) is 1. The molecule has 0 radical (unpaired) electrons. The molecule has 22 heavy (non-hydrogen) atoms. The molecule has 6 nitrogen and oxygen atoms in total. The zero-order valence-corrected chi connectivity index (χ0v) is 11.9. The van der Waals surface area contributed by atoms with Gasteiger partial charge in [-0.05, 0) is 31.0 Å². The van der Waals surface area contributed by atoms with E-state index in [1.54, 1.807) is 0 Å². The summed E-state index contributed by atoms with van der Waals surface area (Å²) in [4.78, 5) is 36.2. The SMILES string of the molecule is O=C(O)CC1CCCN1C(=O)CNC(=O)c1cccc(F)c1. The van der Waals surface area contributed by atoms with Gasteiger partial charge < -0.3 is 15.3 Å². The monoisotopic (exact) mass is 308 g/mol. The van der Waals surface area contributed by atoms with Crippen LogP contribution < -0.4 is 5.32 Å². The Morgan fingerprint density at radius 1 is 1.36 bits per heavy atom. The van der Waals surface area contributed by atoms with E-state index in [0.717, 1.165) is 12.5 Å². The Morgan fingerprint density at radius 3 is 2.82 bits per heavy atom. The maximum Gasteiger partial charge on any atom is 0.305 e. The van der Waals surface area contributed by atoms with Crippen LogP contribution in [0.5, 0.6) is 0 Å². The number of carboxylic acids is 1. The maximum absolute atomic E-state index is 13.0. The molecule has 1 atom stereocenters. The first-order valence-corrected chi connectivity index (χ1v) is 7.02. The smallest absolute Gasteiger partial charge is 0.305 e. The summed E-state index contributed by atoms with van der Waals surface area (Å²) < 4.78 is 13.0. The lowest BCUT2D eigenvalue weighted by Gasteiger charge is -2.23. The minimum absolute atomic E-state index is 0.0937. The molecule has 0 aliphatic carbocycles. The number of nitrogens with one attached hydrogen (secondary N) is 1. The number of benzene rings is 1. The lowest BCUT2D eigenvalue weighted by molar-refractivity contribution is -0.139. The second kappa shape index (κ2) is 7.02. The Balaban J connectivity index is 1.89. The first-order valence-electron chi connectivity index (χ1n) is 7.02. The molecule has 1 heterocycles. The summed E-state index contributed by atoms with van der Waals surface area (Å²) in [5.41, 5.74) is 0.135. The Hall–Kier alpha value is -2.44. The van der Waals surface area contributed by atoms with E-state index in [4.69, 9.17) is 5.11 Å². The predicted octanol–water partition coefficient (Wildman–Crippen LogP) is 1.02. The third kappa shape index (κ3) is 4.03. The first-order chi connectivity index (χ1) is 10.5. The number of likely N-dealkylation sites (tertiary alicyclic amines) is 1. The molecule has 1 unspecified atom stereocenters. The highest BCUT2D eigenvalue weighted by molar-refractivity contribution is 5.96. The fourth-order valence-electron chi connectivity index (χ4n) is 2.57. The summed E-state index contributed by atoms with van der Waals surface area (Å²) in [6, 6.07) is 4.85. The van der Waals surface area contributed by atoms with Crippen molar-refractivity contribution in [2.45, 2.75) is 25.3 Å².